The first-order chi connectivity index (χ1) is 15.8. The summed E-state index contributed by atoms with van der Waals surface area (Å²) >= 11 is 0. The lowest BCUT2D eigenvalue weighted by Gasteiger charge is -2.31. The molecule has 0 aliphatic heterocycles. The molecule has 0 aromatic rings. The highest BCUT2D eigenvalue weighted by molar-refractivity contribution is 5.68. The smallest absolute Gasteiger partial charge is 0.407 e. The van der Waals surface area contributed by atoms with Crippen molar-refractivity contribution in [3.63, 3.8) is 0 Å². The van der Waals surface area contributed by atoms with Crippen molar-refractivity contribution in [3.8, 4) is 0 Å². The Morgan fingerprint density at radius 2 is 1.00 bits per heavy atom. The Hall–Kier alpha value is -1.54. The summed E-state index contributed by atoms with van der Waals surface area (Å²) in [6.07, 6.45) is 6.31. The second-order valence-corrected chi connectivity index (χ2v) is 12.7. The molecule has 0 aromatic carbocycles. The Morgan fingerprint density at radius 3 is 1.29 bits per heavy atom. The van der Waals surface area contributed by atoms with Gasteiger partial charge in [0.05, 0.1) is 0 Å². The second kappa shape index (κ2) is 10.6. The minimum Gasteiger partial charge on any atom is -0.444 e. The number of nitrogens with one attached hydrogen (secondary N) is 2. The molecule has 0 radical (unpaired) electrons. The van der Waals surface area contributed by atoms with Crippen molar-refractivity contribution in [1.29, 1.82) is 0 Å². The van der Waals surface area contributed by atoms with E-state index < -0.39 is 11.2 Å². The van der Waals surface area contributed by atoms with Gasteiger partial charge < -0.3 is 30.3 Å². The fourth-order valence-corrected chi connectivity index (χ4v) is 6.68. The largest absolute Gasteiger partial charge is 0.444 e. The van der Waals surface area contributed by atoms with E-state index in [-0.39, 0.29) is 49.3 Å². The normalized spacial score (nSPS) is 36.0. The van der Waals surface area contributed by atoms with E-state index in [4.69, 9.17) is 9.47 Å². The summed E-state index contributed by atoms with van der Waals surface area (Å²) in [6, 6.07) is 0.210. The van der Waals surface area contributed by atoms with Gasteiger partial charge in [0.1, 0.15) is 11.2 Å². The van der Waals surface area contributed by atoms with Gasteiger partial charge in [-0.15, -0.1) is 0 Å². The van der Waals surface area contributed by atoms with Gasteiger partial charge in [-0.05, 0) is 104 Å². The molecule has 0 unspecified atom stereocenters. The van der Waals surface area contributed by atoms with E-state index in [1.165, 1.54) is 25.7 Å². The quantitative estimate of drug-likeness (QED) is 0.484. The molecule has 8 atom stereocenters. The number of alkyl carbamates (subject to hydrolysis) is 2. The van der Waals surface area contributed by atoms with E-state index in [1.54, 1.807) is 0 Å². The Balaban J connectivity index is 0.000000191. The molecule has 2 amide bonds. The Kier molecular flexibility index (Phi) is 8.44. The van der Waals surface area contributed by atoms with Crippen LogP contribution in [0.15, 0.2) is 0 Å². The maximum Gasteiger partial charge on any atom is 0.407 e. The minimum atomic E-state index is -0.462. The summed E-state index contributed by atoms with van der Waals surface area (Å²) in [5.41, 5.74) is -0.924. The zero-order valence-electron chi connectivity index (χ0n) is 21.8. The Bertz CT molecular complexity index is 655. The predicted octanol–water partition coefficient (Wildman–Crippen LogP) is 3.84. The summed E-state index contributed by atoms with van der Waals surface area (Å²) in [7, 11) is 0. The van der Waals surface area contributed by atoms with Gasteiger partial charge in [-0.2, -0.15) is 0 Å². The first kappa shape index (κ1) is 27.1. The number of carbonyl (C=O) groups is 2. The molecule has 4 saturated carbocycles. The van der Waals surface area contributed by atoms with Gasteiger partial charge in [-0.3, -0.25) is 0 Å². The summed E-state index contributed by atoms with van der Waals surface area (Å²) in [4.78, 5) is 23.5. The van der Waals surface area contributed by atoms with Crippen molar-refractivity contribution in [2.24, 2.45) is 35.5 Å². The summed E-state index contributed by atoms with van der Waals surface area (Å²) in [6.45, 7) is 11.5. The van der Waals surface area contributed by atoms with Crippen LogP contribution in [0, 0.1) is 35.5 Å². The number of hydrogen-bond donors (Lipinski definition) is 4. The molecule has 0 saturated heterocycles. The topological polar surface area (TPSA) is 117 Å². The lowest BCUT2D eigenvalue weighted by atomic mass is 9.85. The van der Waals surface area contributed by atoms with Crippen LogP contribution in [-0.2, 0) is 9.47 Å². The number of ether oxygens (including phenoxy) is 2. The first-order valence-corrected chi connectivity index (χ1v) is 13.0. The number of aliphatic hydroxyl groups excluding tert-OH is 2. The fourth-order valence-electron chi connectivity index (χ4n) is 6.68. The number of amides is 2. The Labute approximate surface area is 204 Å². The molecule has 8 nitrogen and oxygen atoms in total. The average molecular weight is 483 g/mol. The molecule has 4 rings (SSSR count). The first-order valence-electron chi connectivity index (χ1n) is 13.0. The van der Waals surface area contributed by atoms with Crippen LogP contribution >= 0.6 is 0 Å². The standard InChI is InChI=1S/2C13H23NO3/c2*1-13(2,3)17-12(16)14-11-9-5-4-8(6-9)10(11)7-15/h2*8-11,15H,4-7H2,1-3H3,(H,14,16)/t2*8-,9+,10+,11-/m10/s1. The van der Waals surface area contributed by atoms with Crippen molar-refractivity contribution in [2.75, 3.05) is 13.2 Å². The van der Waals surface area contributed by atoms with Crippen LogP contribution in [0.25, 0.3) is 0 Å². The van der Waals surface area contributed by atoms with Crippen molar-refractivity contribution < 1.29 is 29.3 Å². The van der Waals surface area contributed by atoms with Crippen molar-refractivity contribution in [2.45, 2.75) is 103 Å². The van der Waals surface area contributed by atoms with Gasteiger partial charge in [0.2, 0.25) is 0 Å². The molecular weight excluding hydrogens is 436 g/mol. The zero-order chi connectivity index (χ0) is 25.3. The highest BCUT2D eigenvalue weighted by Gasteiger charge is 2.49. The number of fused-ring (bicyclic) bond motifs is 4. The van der Waals surface area contributed by atoms with Crippen LogP contribution in [0.3, 0.4) is 0 Å². The Morgan fingerprint density at radius 1 is 0.676 bits per heavy atom. The van der Waals surface area contributed by atoms with Crippen LogP contribution < -0.4 is 10.6 Å². The van der Waals surface area contributed by atoms with E-state index in [0.717, 1.165) is 12.8 Å². The third-order valence-electron chi connectivity index (χ3n) is 7.97. The molecule has 0 aromatic heterocycles. The summed E-state index contributed by atoms with van der Waals surface area (Å²) in [5.74, 6) is 2.69. The van der Waals surface area contributed by atoms with E-state index in [9.17, 15) is 19.8 Å². The average Bonchev–Trinajstić information content (AvgIpc) is 3.46. The van der Waals surface area contributed by atoms with Crippen molar-refractivity contribution in [3.05, 3.63) is 0 Å². The molecule has 34 heavy (non-hydrogen) atoms. The van der Waals surface area contributed by atoms with Crippen molar-refractivity contribution in [1.82, 2.24) is 10.6 Å². The molecule has 8 heteroatoms. The van der Waals surface area contributed by atoms with Gasteiger partial charge in [-0.25, -0.2) is 9.59 Å². The molecular formula is C26H46N2O6. The van der Waals surface area contributed by atoms with Gasteiger partial charge in [0.15, 0.2) is 0 Å². The maximum atomic E-state index is 11.7. The minimum absolute atomic E-state index is 0.105. The monoisotopic (exact) mass is 482 g/mol. The maximum absolute atomic E-state index is 11.7. The summed E-state index contributed by atoms with van der Waals surface area (Å²) in [5, 5.41) is 24.7. The molecule has 196 valence electrons. The molecule has 0 spiro atoms. The van der Waals surface area contributed by atoms with Crippen LogP contribution in [0.1, 0.15) is 80.1 Å². The lowest BCUT2D eigenvalue weighted by Crippen LogP contribution is -2.47. The third-order valence-corrected chi connectivity index (χ3v) is 7.97. The van der Waals surface area contributed by atoms with Crippen LogP contribution in [-0.4, -0.2) is 58.9 Å². The van der Waals surface area contributed by atoms with Gasteiger partial charge in [-0.1, -0.05) is 0 Å². The number of carbonyl (C=O) groups excluding carboxylic acids is 2. The van der Waals surface area contributed by atoms with E-state index in [0.29, 0.717) is 23.7 Å². The predicted molar refractivity (Wildman–Crippen MR) is 129 cm³/mol. The van der Waals surface area contributed by atoms with E-state index >= 15 is 0 Å². The van der Waals surface area contributed by atoms with Crippen LogP contribution in [0.4, 0.5) is 9.59 Å². The van der Waals surface area contributed by atoms with Gasteiger partial charge >= 0.3 is 12.2 Å². The highest BCUT2D eigenvalue weighted by Crippen LogP contribution is 2.49. The van der Waals surface area contributed by atoms with E-state index in [2.05, 4.69) is 10.6 Å². The SMILES string of the molecule is CC(C)(C)OC(=O)N[C@@H]1[C@H]2CC[C@H](C2)[C@@H]1CO.CC(C)(C)OC(=O)N[C@H]1[C@@H]2CC[C@@H](C2)[C@H]1CO. The van der Waals surface area contributed by atoms with Gasteiger partial charge in [0.25, 0.3) is 0 Å². The molecule has 4 aliphatic rings. The molecule has 4 bridgehead atoms. The third kappa shape index (κ3) is 6.78. The number of aliphatic hydroxyl groups is 2. The zero-order valence-corrected chi connectivity index (χ0v) is 21.8. The highest BCUT2D eigenvalue weighted by atomic mass is 16.6. The summed E-state index contributed by atoms with van der Waals surface area (Å²) < 4.78 is 10.5. The molecule has 4 aliphatic carbocycles. The molecule has 0 heterocycles. The van der Waals surface area contributed by atoms with E-state index in [1.807, 2.05) is 41.5 Å². The van der Waals surface area contributed by atoms with Crippen LogP contribution in [0.5, 0.6) is 0 Å². The molecule has 4 fully saturated rings. The fraction of sp³-hybridized carbons (Fsp3) is 0.923. The van der Waals surface area contributed by atoms with Crippen LogP contribution in [0.2, 0.25) is 0 Å². The number of hydrogen-bond acceptors (Lipinski definition) is 6. The molecule has 4 N–H and O–H groups in total. The van der Waals surface area contributed by atoms with Gasteiger partial charge in [0, 0.05) is 37.1 Å². The second-order valence-electron chi connectivity index (χ2n) is 12.7. The van der Waals surface area contributed by atoms with Crippen molar-refractivity contribution >= 4 is 12.2 Å². The number of rotatable bonds is 4. The lowest BCUT2D eigenvalue weighted by molar-refractivity contribution is 0.0425.